The van der Waals surface area contributed by atoms with Crippen molar-refractivity contribution in [3.05, 3.63) is 0 Å². The Labute approximate surface area is 120 Å². The number of hydrogen-bond acceptors (Lipinski definition) is 1. The van der Waals surface area contributed by atoms with Gasteiger partial charge in [0.1, 0.15) is 5.78 Å². The van der Waals surface area contributed by atoms with Crippen molar-refractivity contribution < 1.29 is 4.79 Å². The number of carbonyl (C=O) groups excluding carboxylic acids is 1. The van der Waals surface area contributed by atoms with Crippen LogP contribution in [-0.4, -0.2) is 16.5 Å². The van der Waals surface area contributed by atoms with Crippen LogP contribution in [0.2, 0.25) is 0 Å². The van der Waals surface area contributed by atoms with Crippen LogP contribution in [0.4, 0.5) is 0 Å². The van der Waals surface area contributed by atoms with Gasteiger partial charge in [-0.15, -0.1) is 23.2 Å². The largest absolute Gasteiger partial charge is 0.299 e. The molecule has 3 saturated carbocycles. The zero-order valence-corrected chi connectivity index (χ0v) is 12.3. The summed E-state index contributed by atoms with van der Waals surface area (Å²) in [6.07, 6.45) is 10.7. The predicted octanol–water partition coefficient (Wildman–Crippen LogP) is 4.54. The van der Waals surface area contributed by atoms with Crippen molar-refractivity contribution in [3.63, 3.8) is 0 Å². The second kappa shape index (κ2) is 4.98. The van der Waals surface area contributed by atoms with E-state index in [1.807, 2.05) is 0 Å². The summed E-state index contributed by atoms with van der Waals surface area (Å²) in [5.41, 5.74) is 0.0608. The van der Waals surface area contributed by atoms with E-state index >= 15 is 0 Å². The Kier molecular flexibility index (Phi) is 3.66. The molecule has 0 saturated heterocycles. The van der Waals surface area contributed by atoms with Gasteiger partial charge in [-0.3, -0.25) is 4.79 Å². The average Bonchev–Trinajstić information content (AvgIpc) is 2.36. The highest BCUT2D eigenvalue weighted by Gasteiger charge is 2.65. The third-order valence-electron chi connectivity index (χ3n) is 5.53. The first-order chi connectivity index (χ1) is 8.65. The van der Waals surface area contributed by atoms with Crippen LogP contribution in [0.25, 0.3) is 0 Å². The zero-order valence-electron chi connectivity index (χ0n) is 10.8. The molecule has 1 nitrogen and oxygen atoms in total. The van der Waals surface area contributed by atoms with Crippen LogP contribution < -0.4 is 0 Å². The maximum Gasteiger partial charge on any atom is 0.138 e. The summed E-state index contributed by atoms with van der Waals surface area (Å²) in [4.78, 5) is 12.3. The van der Waals surface area contributed by atoms with Crippen molar-refractivity contribution in [2.45, 2.75) is 68.5 Å². The topological polar surface area (TPSA) is 17.1 Å². The third-order valence-corrected chi connectivity index (χ3v) is 6.87. The number of carbonyl (C=O) groups is 1. The van der Waals surface area contributed by atoms with E-state index in [9.17, 15) is 4.79 Å². The summed E-state index contributed by atoms with van der Waals surface area (Å²) >= 11 is 12.9. The van der Waals surface area contributed by atoms with Crippen molar-refractivity contribution in [2.75, 3.05) is 0 Å². The molecule has 3 heteroatoms. The maximum atomic E-state index is 12.3. The SMILES string of the molecule is O=C1C[C@@H]2CCCCCCC[C@]3(C2)[C@H](Cl)[C@@H](Cl)[C@@H]13. The van der Waals surface area contributed by atoms with Crippen LogP contribution in [0.15, 0.2) is 0 Å². The smallest absolute Gasteiger partial charge is 0.138 e. The highest BCUT2D eigenvalue weighted by atomic mass is 35.5. The van der Waals surface area contributed by atoms with Crippen molar-refractivity contribution in [3.8, 4) is 0 Å². The molecular weight excluding hydrogens is 267 g/mol. The first-order valence-corrected chi connectivity index (χ1v) is 8.33. The van der Waals surface area contributed by atoms with Crippen LogP contribution in [0.3, 0.4) is 0 Å². The molecule has 0 radical (unpaired) electrons. The van der Waals surface area contributed by atoms with Crippen LogP contribution in [-0.2, 0) is 4.79 Å². The molecule has 1 spiro atoms. The number of alkyl halides is 2. The highest BCUT2D eigenvalue weighted by molar-refractivity contribution is 6.33. The molecule has 0 N–H and O–H groups in total. The standard InChI is InChI=1S/C15H22Cl2O/c16-13-12-11(18)8-10-6-4-2-1-3-5-7-15(12,9-10)14(13)17/h10,12-14H,1-9H2/t10-,12+,13-,14+,15+/m0/s1. The first kappa shape index (κ1) is 13.2. The molecule has 3 aliphatic rings. The highest BCUT2D eigenvalue weighted by Crippen LogP contribution is 2.63. The van der Waals surface area contributed by atoms with E-state index < -0.39 is 0 Å². The van der Waals surface area contributed by atoms with E-state index in [0.29, 0.717) is 11.7 Å². The molecule has 0 heterocycles. The molecule has 3 aliphatic carbocycles. The van der Waals surface area contributed by atoms with E-state index in [1.165, 1.54) is 38.5 Å². The Morgan fingerprint density at radius 2 is 1.78 bits per heavy atom. The molecule has 2 bridgehead atoms. The van der Waals surface area contributed by atoms with Gasteiger partial charge in [-0.1, -0.05) is 38.5 Å². The molecule has 0 aliphatic heterocycles. The summed E-state index contributed by atoms with van der Waals surface area (Å²) in [5, 5.41) is -0.0848. The normalized spacial score (nSPS) is 49.1. The van der Waals surface area contributed by atoms with Crippen molar-refractivity contribution >= 4 is 29.0 Å². The van der Waals surface area contributed by atoms with Crippen LogP contribution in [0, 0.1) is 17.3 Å². The van der Waals surface area contributed by atoms with Gasteiger partial charge < -0.3 is 0 Å². The summed E-state index contributed by atoms with van der Waals surface area (Å²) in [6.45, 7) is 0. The molecule has 18 heavy (non-hydrogen) atoms. The van der Waals surface area contributed by atoms with E-state index in [-0.39, 0.29) is 22.1 Å². The van der Waals surface area contributed by atoms with Crippen LogP contribution in [0.5, 0.6) is 0 Å². The van der Waals surface area contributed by atoms with Crippen molar-refractivity contribution in [1.29, 1.82) is 0 Å². The first-order valence-electron chi connectivity index (χ1n) is 7.46. The number of halogens is 2. The van der Waals surface area contributed by atoms with Crippen molar-refractivity contribution in [2.24, 2.45) is 17.3 Å². The van der Waals surface area contributed by atoms with Gasteiger partial charge in [0, 0.05) is 12.3 Å². The minimum Gasteiger partial charge on any atom is -0.299 e. The number of Topliss-reactive ketones (excluding diaryl/α,β-unsaturated/α-hetero) is 1. The fourth-order valence-corrected chi connectivity index (χ4v) is 5.75. The molecule has 102 valence electrons. The van der Waals surface area contributed by atoms with Crippen molar-refractivity contribution in [1.82, 2.24) is 0 Å². The van der Waals surface area contributed by atoms with E-state index in [4.69, 9.17) is 23.2 Å². The molecular formula is C15H22Cl2O. The summed E-state index contributed by atoms with van der Waals surface area (Å²) in [6, 6.07) is 0. The van der Waals surface area contributed by atoms with Gasteiger partial charge in [0.25, 0.3) is 0 Å². The number of ketones is 1. The fraction of sp³-hybridized carbons (Fsp3) is 0.933. The molecule has 0 aromatic rings. The van der Waals surface area contributed by atoms with Crippen LogP contribution >= 0.6 is 23.2 Å². The third kappa shape index (κ3) is 1.93. The molecule has 3 fully saturated rings. The Morgan fingerprint density at radius 1 is 1.06 bits per heavy atom. The molecule has 0 aromatic carbocycles. The monoisotopic (exact) mass is 288 g/mol. The molecule has 3 rings (SSSR count). The van der Waals surface area contributed by atoms with Gasteiger partial charge in [0.15, 0.2) is 0 Å². The van der Waals surface area contributed by atoms with E-state index in [1.54, 1.807) is 0 Å². The van der Waals surface area contributed by atoms with Crippen LogP contribution in [0.1, 0.15) is 57.8 Å². The fourth-order valence-electron chi connectivity index (χ4n) is 4.63. The van der Waals surface area contributed by atoms with Gasteiger partial charge in [0.2, 0.25) is 0 Å². The lowest BCUT2D eigenvalue weighted by atomic mass is 9.48. The van der Waals surface area contributed by atoms with Gasteiger partial charge in [0.05, 0.1) is 10.8 Å². The molecule has 0 unspecified atom stereocenters. The summed E-state index contributed by atoms with van der Waals surface area (Å²) in [5.74, 6) is 1.05. The zero-order chi connectivity index (χ0) is 12.8. The average molecular weight is 289 g/mol. The van der Waals surface area contributed by atoms with Gasteiger partial charge in [-0.25, -0.2) is 0 Å². The Bertz CT molecular complexity index is 343. The second-order valence-corrected chi connectivity index (χ2v) is 7.58. The predicted molar refractivity (Wildman–Crippen MR) is 75.3 cm³/mol. The van der Waals surface area contributed by atoms with Gasteiger partial charge >= 0.3 is 0 Å². The van der Waals surface area contributed by atoms with Gasteiger partial charge in [-0.2, -0.15) is 0 Å². The Morgan fingerprint density at radius 3 is 2.61 bits per heavy atom. The second-order valence-electron chi connectivity index (χ2n) is 6.60. The van der Waals surface area contributed by atoms with E-state index in [0.717, 1.165) is 19.3 Å². The lowest BCUT2D eigenvalue weighted by Crippen LogP contribution is -2.65. The van der Waals surface area contributed by atoms with Gasteiger partial charge in [-0.05, 0) is 24.2 Å². The molecule has 0 amide bonds. The quantitative estimate of drug-likeness (QED) is 0.598. The number of fused-ring (bicyclic) bond motifs is 1. The Balaban J connectivity index is 1.84. The number of rotatable bonds is 0. The van der Waals surface area contributed by atoms with E-state index in [2.05, 4.69) is 0 Å². The molecule has 5 atom stereocenters. The minimum absolute atomic E-state index is 0.0235. The summed E-state index contributed by atoms with van der Waals surface area (Å²) < 4.78 is 0. The maximum absolute atomic E-state index is 12.3. The Hall–Kier alpha value is 0.250. The minimum atomic E-state index is -0.108. The lowest BCUT2D eigenvalue weighted by molar-refractivity contribution is -0.143. The lowest BCUT2D eigenvalue weighted by Gasteiger charge is -2.60. The molecule has 0 aromatic heterocycles. The summed E-state index contributed by atoms with van der Waals surface area (Å²) in [7, 11) is 0. The number of hydrogen-bond donors (Lipinski definition) is 0.